The first kappa shape index (κ1) is 17.4. The molecule has 2 aromatic rings. The van der Waals surface area contributed by atoms with Gasteiger partial charge in [-0.1, -0.05) is 43.2 Å². The van der Waals surface area contributed by atoms with Crippen LogP contribution in [-0.2, 0) is 6.42 Å². The Bertz CT molecular complexity index is 653. The standard InChI is InChI=1S/C19H23NO2S/c1-4-5-6-16-8-10-17(11-9-16)22-19(21)20-23-18-12-7-14(2)13-15(18)3/h7-13H,4-6H2,1-3H3,(H,20,21). The van der Waals surface area contributed by atoms with Crippen LogP contribution in [0.5, 0.6) is 5.75 Å². The normalized spacial score (nSPS) is 10.4. The number of rotatable bonds is 6. The summed E-state index contributed by atoms with van der Waals surface area (Å²) in [5.74, 6) is 0.559. The molecule has 0 radical (unpaired) electrons. The number of aryl methyl sites for hydroxylation is 3. The molecule has 4 heteroatoms. The van der Waals surface area contributed by atoms with Crippen molar-refractivity contribution in [3.05, 3.63) is 59.2 Å². The van der Waals surface area contributed by atoms with Crippen molar-refractivity contribution in [2.75, 3.05) is 0 Å². The van der Waals surface area contributed by atoms with Crippen molar-refractivity contribution in [3.8, 4) is 5.75 Å². The van der Waals surface area contributed by atoms with Crippen LogP contribution in [0, 0.1) is 13.8 Å². The first-order valence-electron chi connectivity index (χ1n) is 7.89. The topological polar surface area (TPSA) is 38.3 Å². The number of hydrogen-bond acceptors (Lipinski definition) is 3. The molecule has 0 aliphatic carbocycles. The van der Waals surface area contributed by atoms with Gasteiger partial charge in [0, 0.05) is 4.90 Å². The van der Waals surface area contributed by atoms with Crippen LogP contribution in [0.3, 0.4) is 0 Å². The Kier molecular flexibility index (Phi) is 6.53. The molecule has 0 fully saturated rings. The van der Waals surface area contributed by atoms with Crippen LogP contribution in [0.25, 0.3) is 0 Å². The van der Waals surface area contributed by atoms with Gasteiger partial charge in [0.2, 0.25) is 0 Å². The molecule has 0 saturated carbocycles. The molecule has 0 unspecified atom stereocenters. The Morgan fingerprint density at radius 1 is 1.13 bits per heavy atom. The second kappa shape index (κ2) is 8.63. The van der Waals surface area contributed by atoms with Crippen LogP contribution in [0.4, 0.5) is 4.79 Å². The highest BCUT2D eigenvalue weighted by Gasteiger charge is 2.06. The van der Waals surface area contributed by atoms with E-state index in [0.717, 1.165) is 16.9 Å². The summed E-state index contributed by atoms with van der Waals surface area (Å²) in [4.78, 5) is 12.9. The summed E-state index contributed by atoms with van der Waals surface area (Å²) >= 11 is 1.27. The lowest BCUT2D eigenvalue weighted by Crippen LogP contribution is -2.20. The highest BCUT2D eigenvalue weighted by atomic mass is 32.2. The number of carbonyl (C=O) groups excluding carboxylic acids is 1. The van der Waals surface area contributed by atoms with Gasteiger partial charge in [-0.3, -0.25) is 4.72 Å². The van der Waals surface area contributed by atoms with Crippen LogP contribution in [0.2, 0.25) is 0 Å². The van der Waals surface area contributed by atoms with Gasteiger partial charge in [0.05, 0.1) is 0 Å². The molecule has 0 aliphatic rings. The highest BCUT2D eigenvalue weighted by molar-refractivity contribution is 7.98. The minimum Gasteiger partial charge on any atom is -0.410 e. The molecule has 0 saturated heterocycles. The second-order valence-corrected chi connectivity index (χ2v) is 6.46. The summed E-state index contributed by atoms with van der Waals surface area (Å²) < 4.78 is 8.00. The van der Waals surface area contributed by atoms with E-state index in [1.54, 1.807) is 0 Å². The van der Waals surface area contributed by atoms with Gasteiger partial charge in [-0.2, -0.15) is 0 Å². The molecule has 0 atom stereocenters. The summed E-state index contributed by atoms with van der Waals surface area (Å²) in [6, 6.07) is 13.8. The SMILES string of the molecule is CCCCc1ccc(OC(=O)NSc2ccc(C)cc2C)cc1. The van der Waals surface area contributed by atoms with Crippen LogP contribution >= 0.6 is 11.9 Å². The van der Waals surface area contributed by atoms with Gasteiger partial charge in [0.1, 0.15) is 5.75 Å². The molecule has 0 aromatic heterocycles. The quantitative estimate of drug-likeness (QED) is 0.717. The number of ether oxygens (including phenoxy) is 1. The Balaban J connectivity index is 1.84. The van der Waals surface area contributed by atoms with Gasteiger partial charge in [-0.15, -0.1) is 0 Å². The predicted molar refractivity (Wildman–Crippen MR) is 96.0 cm³/mol. The maximum atomic E-state index is 11.9. The van der Waals surface area contributed by atoms with E-state index in [1.807, 2.05) is 50.2 Å². The van der Waals surface area contributed by atoms with Gasteiger partial charge >= 0.3 is 6.09 Å². The minimum atomic E-state index is -0.462. The molecular formula is C19H23NO2S. The molecule has 2 rings (SSSR count). The smallest absolute Gasteiger partial charge is 0.410 e. The van der Waals surface area contributed by atoms with Gasteiger partial charge in [0.25, 0.3) is 0 Å². The molecule has 1 N–H and O–H groups in total. The summed E-state index contributed by atoms with van der Waals surface area (Å²) in [5, 5.41) is 0. The number of unbranched alkanes of at least 4 members (excludes halogenated alkanes) is 1. The van der Waals surface area contributed by atoms with Gasteiger partial charge in [0.15, 0.2) is 0 Å². The van der Waals surface area contributed by atoms with Crippen LogP contribution < -0.4 is 9.46 Å². The lowest BCUT2D eigenvalue weighted by atomic mass is 10.1. The highest BCUT2D eigenvalue weighted by Crippen LogP contribution is 2.21. The molecule has 0 spiro atoms. The molecule has 2 aromatic carbocycles. The number of amides is 1. The van der Waals surface area contributed by atoms with E-state index < -0.39 is 6.09 Å². The Hall–Kier alpha value is -1.94. The van der Waals surface area contributed by atoms with Crippen molar-refractivity contribution in [2.45, 2.75) is 44.9 Å². The lowest BCUT2D eigenvalue weighted by molar-refractivity contribution is 0.207. The van der Waals surface area contributed by atoms with Crippen molar-refractivity contribution in [2.24, 2.45) is 0 Å². The number of nitrogens with one attached hydrogen (secondary N) is 1. The van der Waals surface area contributed by atoms with Crippen LogP contribution in [0.15, 0.2) is 47.4 Å². The maximum absolute atomic E-state index is 11.9. The van der Waals surface area contributed by atoms with Crippen molar-refractivity contribution in [1.82, 2.24) is 4.72 Å². The number of benzene rings is 2. The summed E-state index contributed by atoms with van der Waals surface area (Å²) in [6.45, 7) is 6.25. The molecule has 23 heavy (non-hydrogen) atoms. The van der Waals surface area contributed by atoms with Crippen LogP contribution in [-0.4, -0.2) is 6.09 Å². The molecule has 0 aliphatic heterocycles. The average Bonchev–Trinajstić information content (AvgIpc) is 2.53. The van der Waals surface area contributed by atoms with E-state index in [2.05, 4.69) is 17.7 Å². The Morgan fingerprint density at radius 2 is 1.87 bits per heavy atom. The Labute approximate surface area is 142 Å². The third-order valence-corrected chi connectivity index (χ3v) is 4.47. The first-order valence-corrected chi connectivity index (χ1v) is 8.71. The molecule has 1 amide bonds. The van der Waals surface area contributed by atoms with E-state index in [4.69, 9.17) is 4.74 Å². The van der Waals surface area contributed by atoms with Gasteiger partial charge in [-0.25, -0.2) is 4.79 Å². The third-order valence-electron chi connectivity index (χ3n) is 3.53. The fourth-order valence-corrected chi connectivity index (χ4v) is 2.83. The van der Waals surface area contributed by atoms with Crippen molar-refractivity contribution >= 4 is 18.0 Å². The first-order chi connectivity index (χ1) is 11.1. The molecular weight excluding hydrogens is 306 g/mol. The van der Waals surface area contributed by atoms with Crippen LogP contribution in [0.1, 0.15) is 36.5 Å². The Morgan fingerprint density at radius 3 is 2.52 bits per heavy atom. The zero-order valence-corrected chi connectivity index (χ0v) is 14.7. The average molecular weight is 329 g/mol. The zero-order chi connectivity index (χ0) is 16.7. The third kappa shape index (κ3) is 5.64. The largest absolute Gasteiger partial charge is 0.422 e. The molecule has 0 heterocycles. The summed E-state index contributed by atoms with van der Waals surface area (Å²) in [6.07, 6.45) is 2.95. The van der Waals surface area contributed by atoms with Crippen molar-refractivity contribution < 1.29 is 9.53 Å². The lowest BCUT2D eigenvalue weighted by Gasteiger charge is -2.09. The zero-order valence-electron chi connectivity index (χ0n) is 13.9. The van der Waals surface area contributed by atoms with Gasteiger partial charge in [-0.05, 0) is 68.0 Å². The molecule has 122 valence electrons. The van der Waals surface area contributed by atoms with Gasteiger partial charge < -0.3 is 4.74 Å². The fourth-order valence-electron chi connectivity index (χ4n) is 2.24. The van der Waals surface area contributed by atoms with E-state index in [1.165, 1.54) is 35.9 Å². The monoisotopic (exact) mass is 329 g/mol. The fraction of sp³-hybridized carbons (Fsp3) is 0.316. The van der Waals surface area contributed by atoms with Crippen molar-refractivity contribution in [3.63, 3.8) is 0 Å². The molecule has 0 bridgehead atoms. The minimum absolute atomic E-state index is 0.462. The molecule has 3 nitrogen and oxygen atoms in total. The van der Waals surface area contributed by atoms with E-state index in [9.17, 15) is 4.79 Å². The van der Waals surface area contributed by atoms with Crippen molar-refractivity contribution in [1.29, 1.82) is 0 Å². The maximum Gasteiger partial charge on any atom is 0.422 e. The summed E-state index contributed by atoms with van der Waals surface area (Å²) in [5.41, 5.74) is 3.61. The number of hydrogen-bond donors (Lipinski definition) is 1. The van der Waals surface area contributed by atoms with E-state index in [0.29, 0.717) is 5.75 Å². The second-order valence-electron chi connectivity index (χ2n) is 5.61. The summed E-state index contributed by atoms with van der Waals surface area (Å²) in [7, 11) is 0. The van der Waals surface area contributed by atoms with E-state index in [-0.39, 0.29) is 0 Å². The number of carbonyl (C=O) groups is 1. The predicted octanol–water partition coefficient (Wildman–Crippen LogP) is 5.44. The van der Waals surface area contributed by atoms with E-state index >= 15 is 0 Å².